The maximum Gasteiger partial charge on any atom is 0.349 e. The minimum Gasteiger partial charge on any atom is -0.482 e. The van der Waals surface area contributed by atoms with Gasteiger partial charge in [0, 0.05) is 0 Å². The van der Waals surface area contributed by atoms with E-state index in [4.69, 9.17) is 14.2 Å². The number of carbonyl (C=O) groups excluding carboxylic acids is 1. The molecule has 0 saturated carbocycles. The minimum absolute atomic E-state index is 0.270. The Hall–Kier alpha value is -3.34. The Balaban J connectivity index is 1.50. The van der Waals surface area contributed by atoms with Crippen LogP contribution in [-0.2, 0) is 4.79 Å². The van der Waals surface area contributed by atoms with E-state index in [0.717, 1.165) is 5.75 Å². The number of hydrogen-bond donors (Lipinski definition) is 0. The van der Waals surface area contributed by atoms with Crippen LogP contribution in [-0.4, -0.2) is 12.6 Å². The summed E-state index contributed by atoms with van der Waals surface area (Å²) in [6.07, 6.45) is 0. The molecule has 0 aliphatic carbocycles. The number of ether oxygens (including phenoxy) is 3. The number of para-hydroxylation sites is 1. The third kappa shape index (κ3) is 5.07. The summed E-state index contributed by atoms with van der Waals surface area (Å²) < 4.78 is 28.8. The molecule has 0 saturated heterocycles. The van der Waals surface area contributed by atoms with Crippen molar-refractivity contribution < 1.29 is 23.4 Å². The van der Waals surface area contributed by atoms with Crippen LogP contribution in [0.1, 0.15) is 0 Å². The summed E-state index contributed by atoms with van der Waals surface area (Å²) >= 11 is 0. The molecule has 4 nitrogen and oxygen atoms in total. The molecule has 0 spiro atoms. The summed E-state index contributed by atoms with van der Waals surface area (Å²) in [6.45, 7) is -0.270. The van der Waals surface area contributed by atoms with Crippen molar-refractivity contribution >= 4 is 5.97 Å². The van der Waals surface area contributed by atoms with Gasteiger partial charge in [-0.05, 0) is 60.7 Å². The Morgan fingerprint density at radius 3 is 1.96 bits per heavy atom. The number of carbonyl (C=O) groups is 1. The Kier molecular flexibility index (Phi) is 5.26. The van der Waals surface area contributed by atoms with Crippen molar-refractivity contribution in [3.8, 4) is 23.0 Å². The van der Waals surface area contributed by atoms with Crippen molar-refractivity contribution in [1.82, 2.24) is 0 Å². The molecule has 0 atom stereocenters. The second-order valence-corrected chi connectivity index (χ2v) is 5.10. The molecule has 0 unspecified atom stereocenters. The first kappa shape index (κ1) is 16.5. The Morgan fingerprint density at radius 2 is 1.28 bits per heavy atom. The van der Waals surface area contributed by atoms with Crippen LogP contribution in [0, 0.1) is 5.82 Å². The molecule has 0 radical (unpaired) electrons. The Morgan fingerprint density at radius 1 is 0.720 bits per heavy atom. The number of halogens is 1. The number of esters is 1. The average Bonchev–Trinajstić information content (AvgIpc) is 2.64. The highest BCUT2D eigenvalue weighted by atomic mass is 19.1. The molecular weight excluding hydrogens is 323 g/mol. The molecule has 5 heteroatoms. The smallest absolute Gasteiger partial charge is 0.349 e. The molecule has 0 bridgehead atoms. The molecule has 25 heavy (non-hydrogen) atoms. The van der Waals surface area contributed by atoms with Gasteiger partial charge in [-0.3, -0.25) is 0 Å². The summed E-state index contributed by atoms with van der Waals surface area (Å²) in [6, 6.07) is 21.4. The van der Waals surface area contributed by atoms with Crippen molar-refractivity contribution in [2.75, 3.05) is 6.61 Å². The van der Waals surface area contributed by atoms with Crippen molar-refractivity contribution in [3.05, 3.63) is 84.7 Å². The molecule has 0 amide bonds. The summed E-state index contributed by atoms with van der Waals surface area (Å²) in [5, 5.41) is 0. The zero-order chi connectivity index (χ0) is 17.5. The van der Waals surface area contributed by atoms with Crippen LogP contribution in [0.5, 0.6) is 23.0 Å². The molecule has 0 fully saturated rings. The Bertz CT molecular complexity index is 815. The van der Waals surface area contributed by atoms with Gasteiger partial charge in [0.25, 0.3) is 0 Å². The molecule has 126 valence electrons. The van der Waals surface area contributed by atoms with E-state index in [1.54, 1.807) is 24.3 Å². The number of hydrogen-bond acceptors (Lipinski definition) is 4. The molecular formula is C20H15FO4. The first-order valence-electron chi connectivity index (χ1n) is 7.61. The van der Waals surface area contributed by atoms with Crippen LogP contribution in [0.4, 0.5) is 4.39 Å². The van der Waals surface area contributed by atoms with Crippen molar-refractivity contribution in [2.24, 2.45) is 0 Å². The summed E-state index contributed by atoms with van der Waals surface area (Å²) in [5.74, 6) is 1.21. The van der Waals surface area contributed by atoms with Crippen LogP contribution < -0.4 is 14.2 Å². The highest BCUT2D eigenvalue weighted by molar-refractivity contribution is 5.74. The van der Waals surface area contributed by atoms with E-state index in [0.29, 0.717) is 17.2 Å². The van der Waals surface area contributed by atoms with Gasteiger partial charge in [0.1, 0.15) is 28.8 Å². The third-order valence-electron chi connectivity index (χ3n) is 3.20. The van der Waals surface area contributed by atoms with Crippen LogP contribution >= 0.6 is 0 Å². The second kappa shape index (κ2) is 7.97. The van der Waals surface area contributed by atoms with Crippen LogP contribution in [0.25, 0.3) is 0 Å². The van der Waals surface area contributed by atoms with Gasteiger partial charge in [-0.1, -0.05) is 18.2 Å². The summed E-state index contributed by atoms with van der Waals surface area (Å²) in [4.78, 5) is 11.8. The third-order valence-corrected chi connectivity index (χ3v) is 3.20. The van der Waals surface area contributed by atoms with E-state index in [2.05, 4.69) is 0 Å². The van der Waals surface area contributed by atoms with Crippen molar-refractivity contribution in [2.45, 2.75) is 0 Å². The first-order valence-corrected chi connectivity index (χ1v) is 7.61. The fraction of sp³-hybridized carbons (Fsp3) is 0.0500. The zero-order valence-corrected chi connectivity index (χ0v) is 13.2. The van der Waals surface area contributed by atoms with Gasteiger partial charge in [-0.15, -0.1) is 0 Å². The highest BCUT2D eigenvalue weighted by Gasteiger charge is 2.07. The van der Waals surface area contributed by atoms with E-state index in [-0.39, 0.29) is 12.4 Å². The second-order valence-electron chi connectivity index (χ2n) is 5.10. The fourth-order valence-corrected chi connectivity index (χ4v) is 2.03. The van der Waals surface area contributed by atoms with Gasteiger partial charge < -0.3 is 14.2 Å². The zero-order valence-electron chi connectivity index (χ0n) is 13.2. The average molecular weight is 338 g/mol. The fourth-order valence-electron chi connectivity index (χ4n) is 2.03. The topological polar surface area (TPSA) is 44.8 Å². The van der Waals surface area contributed by atoms with Crippen LogP contribution in [0.3, 0.4) is 0 Å². The largest absolute Gasteiger partial charge is 0.482 e. The van der Waals surface area contributed by atoms with E-state index < -0.39 is 5.97 Å². The Labute approximate surface area is 144 Å². The lowest BCUT2D eigenvalue weighted by molar-refractivity contribution is -0.136. The van der Waals surface area contributed by atoms with E-state index in [1.807, 2.05) is 30.3 Å². The standard InChI is InChI=1S/C20H15FO4/c21-15-6-8-16(9-7-15)23-14-20(22)25-19-12-10-18(11-13-19)24-17-4-2-1-3-5-17/h1-13H,14H2. The lowest BCUT2D eigenvalue weighted by Crippen LogP contribution is -2.17. The maximum atomic E-state index is 12.8. The molecule has 0 heterocycles. The van der Waals surface area contributed by atoms with Crippen LogP contribution in [0.2, 0.25) is 0 Å². The van der Waals surface area contributed by atoms with Gasteiger partial charge in [-0.2, -0.15) is 0 Å². The monoisotopic (exact) mass is 338 g/mol. The number of benzene rings is 3. The van der Waals surface area contributed by atoms with Gasteiger partial charge in [-0.25, -0.2) is 9.18 Å². The van der Waals surface area contributed by atoms with Gasteiger partial charge in [0.2, 0.25) is 0 Å². The molecule has 0 aromatic heterocycles. The first-order chi connectivity index (χ1) is 12.2. The maximum absolute atomic E-state index is 12.8. The lowest BCUT2D eigenvalue weighted by Gasteiger charge is -2.08. The molecule has 3 aromatic rings. The number of rotatable bonds is 6. The molecule has 0 aliphatic heterocycles. The van der Waals surface area contributed by atoms with Gasteiger partial charge in [0.15, 0.2) is 6.61 Å². The quantitative estimate of drug-likeness (QED) is 0.487. The van der Waals surface area contributed by atoms with E-state index >= 15 is 0 Å². The molecule has 3 rings (SSSR count). The van der Waals surface area contributed by atoms with E-state index in [1.165, 1.54) is 24.3 Å². The molecule has 0 N–H and O–H groups in total. The minimum atomic E-state index is -0.555. The van der Waals surface area contributed by atoms with Gasteiger partial charge in [0.05, 0.1) is 0 Å². The normalized spacial score (nSPS) is 10.1. The highest BCUT2D eigenvalue weighted by Crippen LogP contribution is 2.23. The van der Waals surface area contributed by atoms with Crippen molar-refractivity contribution in [3.63, 3.8) is 0 Å². The molecule has 0 aliphatic rings. The van der Waals surface area contributed by atoms with E-state index in [9.17, 15) is 9.18 Å². The van der Waals surface area contributed by atoms with Crippen molar-refractivity contribution in [1.29, 1.82) is 0 Å². The summed E-state index contributed by atoms with van der Waals surface area (Å²) in [5.41, 5.74) is 0. The van der Waals surface area contributed by atoms with Crippen LogP contribution in [0.15, 0.2) is 78.9 Å². The predicted octanol–water partition coefficient (Wildman–Crippen LogP) is 4.60. The van der Waals surface area contributed by atoms with Gasteiger partial charge >= 0.3 is 5.97 Å². The summed E-state index contributed by atoms with van der Waals surface area (Å²) in [7, 11) is 0. The predicted molar refractivity (Wildman–Crippen MR) is 90.5 cm³/mol. The lowest BCUT2D eigenvalue weighted by atomic mass is 10.3. The molecule has 3 aromatic carbocycles. The SMILES string of the molecule is O=C(COc1ccc(F)cc1)Oc1ccc(Oc2ccccc2)cc1.